The zero-order chi connectivity index (χ0) is 13.1. The quantitative estimate of drug-likeness (QED) is 0.838. The van der Waals surface area contributed by atoms with Crippen LogP contribution in [0.4, 0.5) is 11.4 Å². The lowest BCUT2D eigenvalue weighted by Crippen LogP contribution is -2.14. The van der Waals surface area contributed by atoms with Gasteiger partial charge in [0.1, 0.15) is 0 Å². The molecule has 0 aliphatic carbocycles. The molecule has 3 N–H and O–H groups in total. The fraction of sp³-hybridized carbons (Fsp3) is 0.0769. The van der Waals surface area contributed by atoms with Gasteiger partial charge in [-0.1, -0.05) is 0 Å². The van der Waals surface area contributed by atoms with Crippen LogP contribution in [0.15, 0.2) is 41.0 Å². The highest BCUT2D eigenvalue weighted by Gasteiger charge is 2.11. The van der Waals surface area contributed by atoms with Crippen molar-refractivity contribution in [2.24, 2.45) is 0 Å². The third kappa shape index (κ3) is 2.68. The van der Waals surface area contributed by atoms with Crippen molar-refractivity contribution in [1.82, 2.24) is 4.98 Å². The summed E-state index contributed by atoms with van der Waals surface area (Å²) in [7, 11) is 0. The first-order valence-corrected chi connectivity index (χ1v) is 6.15. The summed E-state index contributed by atoms with van der Waals surface area (Å²) in [5, 5.41) is 2.80. The van der Waals surface area contributed by atoms with E-state index in [1.54, 1.807) is 43.5 Å². The molecule has 0 atom stereocenters. The molecule has 0 saturated heterocycles. The van der Waals surface area contributed by atoms with Gasteiger partial charge in [-0.05, 0) is 53.2 Å². The molecule has 0 unspecified atom stereocenters. The highest BCUT2D eigenvalue weighted by molar-refractivity contribution is 9.10. The number of carbonyl (C=O) groups excluding carboxylic acids is 1. The van der Waals surface area contributed by atoms with Crippen LogP contribution in [0.5, 0.6) is 0 Å². The molecule has 2 aromatic rings. The molecule has 18 heavy (non-hydrogen) atoms. The summed E-state index contributed by atoms with van der Waals surface area (Å²) in [5.41, 5.74) is 8.16. The van der Waals surface area contributed by atoms with E-state index in [1.165, 1.54) is 0 Å². The summed E-state index contributed by atoms with van der Waals surface area (Å²) in [6.07, 6.45) is 1.66. The third-order valence-corrected chi connectivity index (χ3v) is 3.18. The summed E-state index contributed by atoms with van der Waals surface area (Å²) in [4.78, 5) is 16.2. The van der Waals surface area contributed by atoms with Crippen LogP contribution >= 0.6 is 15.9 Å². The normalized spacial score (nSPS) is 10.1. The summed E-state index contributed by atoms with van der Waals surface area (Å²) in [6.45, 7) is 1.79. The van der Waals surface area contributed by atoms with Crippen molar-refractivity contribution >= 4 is 33.2 Å². The van der Waals surface area contributed by atoms with E-state index in [0.29, 0.717) is 22.6 Å². The van der Waals surface area contributed by atoms with Gasteiger partial charge in [0.15, 0.2) is 0 Å². The molecule has 0 aliphatic heterocycles. The molecule has 5 heteroatoms. The largest absolute Gasteiger partial charge is 0.399 e. The number of nitrogens with one attached hydrogen (secondary N) is 1. The minimum atomic E-state index is -0.202. The van der Waals surface area contributed by atoms with Gasteiger partial charge in [-0.2, -0.15) is 0 Å². The molecule has 1 aromatic heterocycles. The number of anilines is 2. The van der Waals surface area contributed by atoms with Crippen molar-refractivity contribution in [3.63, 3.8) is 0 Å². The molecule has 2 rings (SSSR count). The Labute approximate surface area is 113 Å². The SMILES string of the molecule is Cc1ncccc1C(=O)Nc1cc(N)ccc1Br. The van der Waals surface area contributed by atoms with Gasteiger partial charge in [0.25, 0.3) is 5.91 Å². The van der Waals surface area contributed by atoms with Gasteiger partial charge >= 0.3 is 0 Å². The summed E-state index contributed by atoms with van der Waals surface area (Å²) in [5.74, 6) is -0.202. The maximum atomic E-state index is 12.1. The van der Waals surface area contributed by atoms with E-state index in [4.69, 9.17) is 5.73 Å². The lowest BCUT2D eigenvalue weighted by Gasteiger charge is -2.09. The minimum absolute atomic E-state index is 0.202. The molecule has 0 spiro atoms. The summed E-state index contributed by atoms with van der Waals surface area (Å²) < 4.78 is 0.784. The molecule has 92 valence electrons. The van der Waals surface area contributed by atoms with Crippen molar-refractivity contribution in [3.05, 3.63) is 52.3 Å². The summed E-state index contributed by atoms with van der Waals surface area (Å²) >= 11 is 3.36. The van der Waals surface area contributed by atoms with Crippen LogP contribution in [0.25, 0.3) is 0 Å². The smallest absolute Gasteiger partial charge is 0.257 e. The zero-order valence-electron chi connectivity index (χ0n) is 9.77. The van der Waals surface area contributed by atoms with Crippen LogP contribution in [0.3, 0.4) is 0 Å². The van der Waals surface area contributed by atoms with E-state index in [0.717, 1.165) is 4.47 Å². The number of aromatic nitrogens is 1. The number of nitrogens with zero attached hydrogens (tertiary/aromatic N) is 1. The van der Waals surface area contributed by atoms with Crippen molar-refractivity contribution in [2.75, 3.05) is 11.1 Å². The number of nitrogens with two attached hydrogens (primary N) is 1. The Bertz CT molecular complexity index is 599. The summed E-state index contributed by atoms with van der Waals surface area (Å²) in [6, 6.07) is 8.72. The molecule has 0 radical (unpaired) electrons. The molecule has 0 fully saturated rings. The maximum absolute atomic E-state index is 12.1. The molecule has 0 saturated carbocycles. The molecule has 4 nitrogen and oxygen atoms in total. The monoisotopic (exact) mass is 305 g/mol. The molecule has 0 bridgehead atoms. The number of hydrogen-bond donors (Lipinski definition) is 2. The van der Waals surface area contributed by atoms with Crippen molar-refractivity contribution in [1.29, 1.82) is 0 Å². The molecule has 0 aliphatic rings. The van der Waals surface area contributed by atoms with Crippen molar-refractivity contribution in [3.8, 4) is 0 Å². The standard InChI is InChI=1S/C13H12BrN3O/c1-8-10(3-2-6-16-8)13(18)17-12-7-9(15)4-5-11(12)14/h2-7H,15H2,1H3,(H,17,18). The number of hydrogen-bond acceptors (Lipinski definition) is 3. The van der Waals surface area contributed by atoms with Crippen LogP contribution in [0.2, 0.25) is 0 Å². The van der Waals surface area contributed by atoms with Gasteiger partial charge < -0.3 is 11.1 Å². The van der Waals surface area contributed by atoms with Gasteiger partial charge in [0.2, 0.25) is 0 Å². The van der Waals surface area contributed by atoms with E-state index in [1.807, 2.05) is 0 Å². The molecular formula is C13H12BrN3O. The number of halogens is 1. The van der Waals surface area contributed by atoms with Gasteiger partial charge in [-0.25, -0.2) is 0 Å². The van der Waals surface area contributed by atoms with Crippen molar-refractivity contribution < 1.29 is 4.79 Å². The number of rotatable bonds is 2. The Morgan fingerprint density at radius 3 is 2.89 bits per heavy atom. The average molecular weight is 306 g/mol. The second-order valence-electron chi connectivity index (χ2n) is 3.83. The Balaban J connectivity index is 2.27. The topological polar surface area (TPSA) is 68.0 Å². The van der Waals surface area contributed by atoms with Crippen LogP contribution in [0.1, 0.15) is 16.1 Å². The van der Waals surface area contributed by atoms with Gasteiger partial charge in [0, 0.05) is 22.1 Å². The number of nitrogen functional groups attached to an aromatic ring is 1. The number of pyridine rings is 1. The van der Waals surface area contributed by atoms with E-state index in [2.05, 4.69) is 26.2 Å². The zero-order valence-corrected chi connectivity index (χ0v) is 11.4. The van der Waals surface area contributed by atoms with Gasteiger partial charge in [-0.3, -0.25) is 9.78 Å². The van der Waals surface area contributed by atoms with E-state index < -0.39 is 0 Å². The Morgan fingerprint density at radius 1 is 1.39 bits per heavy atom. The number of benzene rings is 1. The Hall–Kier alpha value is -1.88. The number of carbonyl (C=O) groups is 1. The Kier molecular flexibility index (Phi) is 3.62. The van der Waals surface area contributed by atoms with E-state index in [9.17, 15) is 4.79 Å². The molecule has 1 heterocycles. The fourth-order valence-electron chi connectivity index (χ4n) is 1.55. The molecule has 1 aromatic carbocycles. The molecular weight excluding hydrogens is 294 g/mol. The average Bonchev–Trinajstić information content (AvgIpc) is 2.34. The van der Waals surface area contributed by atoms with Gasteiger partial charge in [-0.15, -0.1) is 0 Å². The third-order valence-electron chi connectivity index (χ3n) is 2.49. The second kappa shape index (κ2) is 5.18. The van der Waals surface area contributed by atoms with Crippen LogP contribution in [-0.4, -0.2) is 10.9 Å². The van der Waals surface area contributed by atoms with Gasteiger partial charge in [0.05, 0.1) is 11.3 Å². The molecule has 1 amide bonds. The van der Waals surface area contributed by atoms with E-state index >= 15 is 0 Å². The first kappa shape index (κ1) is 12.6. The minimum Gasteiger partial charge on any atom is -0.399 e. The highest BCUT2D eigenvalue weighted by atomic mass is 79.9. The lowest BCUT2D eigenvalue weighted by atomic mass is 10.2. The van der Waals surface area contributed by atoms with Crippen LogP contribution < -0.4 is 11.1 Å². The van der Waals surface area contributed by atoms with E-state index in [-0.39, 0.29) is 5.91 Å². The van der Waals surface area contributed by atoms with Crippen molar-refractivity contribution in [2.45, 2.75) is 6.92 Å². The lowest BCUT2D eigenvalue weighted by molar-refractivity contribution is 0.102. The fourth-order valence-corrected chi connectivity index (χ4v) is 1.90. The maximum Gasteiger partial charge on any atom is 0.257 e. The predicted octanol–water partition coefficient (Wildman–Crippen LogP) is 2.99. The second-order valence-corrected chi connectivity index (χ2v) is 4.68. The highest BCUT2D eigenvalue weighted by Crippen LogP contribution is 2.25. The van der Waals surface area contributed by atoms with Crippen LogP contribution in [0, 0.1) is 6.92 Å². The van der Waals surface area contributed by atoms with Crippen LogP contribution in [-0.2, 0) is 0 Å². The first-order valence-electron chi connectivity index (χ1n) is 5.36. The number of aryl methyl sites for hydroxylation is 1. The number of amides is 1. The Morgan fingerprint density at radius 2 is 2.17 bits per heavy atom. The first-order chi connectivity index (χ1) is 8.58. The predicted molar refractivity (Wildman–Crippen MR) is 75.5 cm³/mol.